The van der Waals surface area contributed by atoms with Crippen molar-refractivity contribution in [1.82, 2.24) is 0 Å². The van der Waals surface area contributed by atoms with Crippen LogP contribution in [0.1, 0.15) is 15.9 Å². The summed E-state index contributed by atoms with van der Waals surface area (Å²) in [6.07, 6.45) is 0. The normalized spacial score (nSPS) is 10.6. The first-order valence-corrected chi connectivity index (χ1v) is 8.55. The SMILES string of the molecule is COc1cc(C(=O)c2cccc3cccc(N(C)C)c23)cc(OC)c1OC. The topological polar surface area (TPSA) is 48.0 Å². The molecule has 0 radical (unpaired) electrons. The van der Waals surface area contributed by atoms with E-state index in [9.17, 15) is 4.79 Å². The van der Waals surface area contributed by atoms with Crippen molar-refractivity contribution in [2.45, 2.75) is 0 Å². The number of carbonyl (C=O) groups excluding carboxylic acids is 1. The lowest BCUT2D eigenvalue weighted by atomic mass is 9.95. The largest absolute Gasteiger partial charge is 0.493 e. The molecule has 0 aliphatic carbocycles. The monoisotopic (exact) mass is 365 g/mol. The van der Waals surface area contributed by atoms with Crippen molar-refractivity contribution >= 4 is 22.2 Å². The molecule has 3 aromatic rings. The molecule has 0 saturated carbocycles. The molecule has 0 aliphatic rings. The Balaban J connectivity index is 2.23. The Morgan fingerprint density at radius 1 is 0.852 bits per heavy atom. The van der Waals surface area contributed by atoms with Gasteiger partial charge in [0.25, 0.3) is 0 Å². The van der Waals surface area contributed by atoms with Crippen molar-refractivity contribution in [3.05, 3.63) is 59.7 Å². The van der Waals surface area contributed by atoms with Crippen LogP contribution in [0.4, 0.5) is 5.69 Å². The van der Waals surface area contributed by atoms with E-state index in [1.165, 1.54) is 21.3 Å². The van der Waals surface area contributed by atoms with Gasteiger partial charge in [0.2, 0.25) is 5.75 Å². The second kappa shape index (κ2) is 7.58. The predicted molar refractivity (Wildman–Crippen MR) is 108 cm³/mol. The molecule has 5 heteroatoms. The van der Waals surface area contributed by atoms with Crippen LogP contribution in [-0.2, 0) is 0 Å². The Bertz CT molecular complexity index is 965. The van der Waals surface area contributed by atoms with Crippen LogP contribution in [-0.4, -0.2) is 41.2 Å². The highest BCUT2D eigenvalue weighted by Crippen LogP contribution is 2.39. The van der Waals surface area contributed by atoms with E-state index in [4.69, 9.17) is 14.2 Å². The summed E-state index contributed by atoms with van der Waals surface area (Å²) in [5, 5.41) is 1.93. The van der Waals surface area contributed by atoms with Gasteiger partial charge in [-0.05, 0) is 23.6 Å². The summed E-state index contributed by atoms with van der Waals surface area (Å²) < 4.78 is 16.1. The highest BCUT2D eigenvalue weighted by Gasteiger charge is 2.20. The second-order valence-corrected chi connectivity index (χ2v) is 6.32. The summed E-state index contributed by atoms with van der Waals surface area (Å²) in [5.74, 6) is 1.26. The zero-order chi connectivity index (χ0) is 19.6. The average molecular weight is 365 g/mol. The number of benzene rings is 3. The number of hydrogen-bond donors (Lipinski definition) is 0. The van der Waals surface area contributed by atoms with E-state index in [1.54, 1.807) is 12.1 Å². The average Bonchev–Trinajstić information content (AvgIpc) is 2.70. The lowest BCUT2D eigenvalue weighted by Gasteiger charge is -2.18. The van der Waals surface area contributed by atoms with E-state index in [1.807, 2.05) is 55.4 Å². The second-order valence-electron chi connectivity index (χ2n) is 6.32. The number of methoxy groups -OCH3 is 3. The number of nitrogens with zero attached hydrogens (tertiary/aromatic N) is 1. The Morgan fingerprint density at radius 3 is 1.96 bits per heavy atom. The van der Waals surface area contributed by atoms with Gasteiger partial charge in [-0.15, -0.1) is 0 Å². The number of fused-ring (bicyclic) bond motifs is 1. The van der Waals surface area contributed by atoms with Gasteiger partial charge in [-0.1, -0.05) is 30.3 Å². The minimum absolute atomic E-state index is 0.103. The fourth-order valence-electron chi connectivity index (χ4n) is 3.25. The van der Waals surface area contributed by atoms with E-state index in [2.05, 4.69) is 0 Å². The van der Waals surface area contributed by atoms with Crippen molar-refractivity contribution in [3.8, 4) is 17.2 Å². The van der Waals surface area contributed by atoms with Crippen molar-refractivity contribution in [3.63, 3.8) is 0 Å². The Morgan fingerprint density at radius 2 is 1.44 bits per heavy atom. The molecule has 140 valence electrons. The highest BCUT2D eigenvalue weighted by atomic mass is 16.5. The molecule has 3 aromatic carbocycles. The molecule has 0 bridgehead atoms. The van der Waals surface area contributed by atoms with Gasteiger partial charge in [0.1, 0.15) is 0 Å². The predicted octanol–water partition coefficient (Wildman–Crippen LogP) is 4.16. The maximum Gasteiger partial charge on any atom is 0.203 e. The van der Waals surface area contributed by atoms with Gasteiger partial charge in [-0.25, -0.2) is 0 Å². The van der Waals surface area contributed by atoms with Crippen LogP contribution in [0.2, 0.25) is 0 Å². The lowest BCUT2D eigenvalue weighted by molar-refractivity contribution is 0.103. The number of rotatable bonds is 6. The van der Waals surface area contributed by atoms with Crippen LogP contribution in [0.3, 0.4) is 0 Å². The molecule has 3 rings (SSSR count). The third-order valence-electron chi connectivity index (χ3n) is 4.54. The van der Waals surface area contributed by atoms with E-state index in [0.29, 0.717) is 28.4 Å². The third-order valence-corrected chi connectivity index (χ3v) is 4.54. The summed E-state index contributed by atoms with van der Waals surface area (Å²) in [6.45, 7) is 0. The molecule has 0 heterocycles. The first-order valence-electron chi connectivity index (χ1n) is 8.55. The van der Waals surface area contributed by atoms with Gasteiger partial charge in [0, 0.05) is 36.3 Å². The van der Waals surface area contributed by atoms with Crippen molar-refractivity contribution in [2.75, 3.05) is 40.3 Å². The molecule has 0 amide bonds. The summed E-state index contributed by atoms with van der Waals surface area (Å²) >= 11 is 0. The molecule has 0 aromatic heterocycles. The molecule has 0 fully saturated rings. The molecule has 0 spiro atoms. The van der Waals surface area contributed by atoms with E-state index in [0.717, 1.165) is 16.5 Å². The zero-order valence-corrected chi connectivity index (χ0v) is 16.2. The number of carbonyl (C=O) groups is 1. The van der Waals surface area contributed by atoms with Crippen molar-refractivity contribution < 1.29 is 19.0 Å². The molecular weight excluding hydrogens is 342 g/mol. The molecule has 0 saturated heterocycles. The van der Waals surface area contributed by atoms with Crippen molar-refractivity contribution in [2.24, 2.45) is 0 Å². The lowest BCUT2D eigenvalue weighted by Crippen LogP contribution is -2.11. The van der Waals surface area contributed by atoms with Gasteiger partial charge < -0.3 is 19.1 Å². The minimum Gasteiger partial charge on any atom is -0.493 e. The van der Waals surface area contributed by atoms with E-state index in [-0.39, 0.29) is 5.78 Å². The van der Waals surface area contributed by atoms with Crippen LogP contribution in [0.5, 0.6) is 17.2 Å². The van der Waals surface area contributed by atoms with Crippen LogP contribution in [0.25, 0.3) is 10.8 Å². The number of anilines is 1. The number of ketones is 1. The zero-order valence-electron chi connectivity index (χ0n) is 16.2. The molecule has 27 heavy (non-hydrogen) atoms. The smallest absolute Gasteiger partial charge is 0.203 e. The molecule has 0 aliphatic heterocycles. The molecule has 0 N–H and O–H groups in total. The van der Waals surface area contributed by atoms with Gasteiger partial charge in [-0.2, -0.15) is 0 Å². The van der Waals surface area contributed by atoms with Gasteiger partial charge in [0.15, 0.2) is 17.3 Å². The summed E-state index contributed by atoms with van der Waals surface area (Å²) in [4.78, 5) is 15.4. The number of hydrogen-bond acceptors (Lipinski definition) is 5. The van der Waals surface area contributed by atoms with Gasteiger partial charge >= 0.3 is 0 Å². The Hall–Kier alpha value is -3.21. The Kier molecular flexibility index (Phi) is 5.21. The summed E-state index contributed by atoms with van der Waals surface area (Å²) in [7, 11) is 8.54. The first-order chi connectivity index (χ1) is 13.0. The van der Waals surface area contributed by atoms with Crippen LogP contribution in [0, 0.1) is 0 Å². The van der Waals surface area contributed by atoms with Crippen molar-refractivity contribution in [1.29, 1.82) is 0 Å². The summed E-state index contributed by atoms with van der Waals surface area (Å²) in [5.41, 5.74) is 2.10. The quantitative estimate of drug-likeness (QED) is 0.614. The standard InChI is InChI=1S/C22H23NO4/c1-23(2)17-11-7-9-14-8-6-10-16(20(14)17)21(24)15-12-18(25-3)22(27-5)19(13-15)26-4/h6-13H,1-5H3. The highest BCUT2D eigenvalue weighted by molar-refractivity contribution is 6.19. The molecule has 0 atom stereocenters. The fraction of sp³-hybridized carbons (Fsp3) is 0.227. The van der Waals surface area contributed by atoms with Gasteiger partial charge in [-0.3, -0.25) is 4.79 Å². The Labute approximate surface area is 159 Å². The maximum atomic E-state index is 13.4. The fourth-order valence-corrected chi connectivity index (χ4v) is 3.25. The van der Waals surface area contributed by atoms with E-state index < -0.39 is 0 Å². The van der Waals surface area contributed by atoms with Crippen LogP contribution < -0.4 is 19.1 Å². The molecule has 0 unspecified atom stereocenters. The van der Waals surface area contributed by atoms with Crippen LogP contribution >= 0.6 is 0 Å². The number of ether oxygens (including phenoxy) is 3. The third kappa shape index (κ3) is 3.28. The van der Waals surface area contributed by atoms with Gasteiger partial charge in [0.05, 0.1) is 21.3 Å². The van der Waals surface area contributed by atoms with E-state index >= 15 is 0 Å². The molecular formula is C22H23NO4. The summed E-state index contributed by atoms with van der Waals surface area (Å²) in [6, 6.07) is 15.1. The minimum atomic E-state index is -0.103. The first kappa shape index (κ1) is 18.6. The van der Waals surface area contributed by atoms with Crippen LogP contribution in [0.15, 0.2) is 48.5 Å². The maximum absolute atomic E-state index is 13.4. The molecule has 5 nitrogen and oxygen atoms in total.